The maximum Gasteiger partial charge on any atom is 0.269 e. The molecule has 3 aromatic rings. The van der Waals surface area contributed by atoms with Crippen LogP contribution in [0.2, 0.25) is 0 Å². The topological polar surface area (TPSA) is 74.9 Å². The van der Waals surface area contributed by atoms with Crippen molar-refractivity contribution in [3.8, 4) is 6.07 Å². The van der Waals surface area contributed by atoms with E-state index in [1.54, 1.807) is 0 Å². The summed E-state index contributed by atoms with van der Waals surface area (Å²) in [6.07, 6.45) is 1.81. The first kappa shape index (κ1) is 19.3. The molecule has 0 bridgehead atoms. The average Bonchev–Trinajstić information content (AvgIpc) is 3.00. The second-order valence-corrected chi connectivity index (χ2v) is 7.25. The molecule has 0 aliphatic heterocycles. The highest BCUT2D eigenvalue weighted by Crippen LogP contribution is 2.07. The number of nitrogens with one attached hydrogen (secondary N) is 1. The van der Waals surface area contributed by atoms with E-state index >= 15 is 0 Å². The van der Waals surface area contributed by atoms with Gasteiger partial charge in [-0.15, -0.1) is 11.3 Å². The molecule has 0 aliphatic carbocycles. The van der Waals surface area contributed by atoms with Gasteiger partial charge in [0.2, 0.25) is 0 Å². The molecule has 2 aromatic carbocycles. The van der Waals surface area contributed by atoms with Crippen molar-refractivity contribution < 1.29 is 4.79 Å². The lowest BCUT2D eigenvalue weighted by Gasteiger charge is -2.03. The molecular weight excluding hydrogens is 370 g/mol. The molecule has 6 heteroatoms. The minimum Gasteiger partial charge on any atom is -0.354 e. The van der Waals surface area contributed by atoms with Gasteiger partial charge in [-0.1, -0.05) is 54.6 Å². The Morgan fingerprint density at radius 1 is 1.18 bits per heavy atom. The summed E-state index contributed by atoms with van der Waals surface area (Å²) in [7, 11) is 1.47. The van der Waals surface area contributed by atoms with Crippen LogP contribution in [0.1, 0.15) is 16.7 Å². The van der Waals surface area contributed by atoms with Gasteiger partial charge >= 0.3 is 0 Å². The van der Waals surface area contributed by atoms with Crippen LogP contribution in [0.3, 0.4) is 0 Å². The number of thiazole rings is 1. The molecule has 1 heterocycles. The molecule has 0 unspecified atom stereocenters. The van der Waals surface area contributed by atoms with Gasteiger partial charge in [-0.05, 0) is 29.7 Å². The van der Waals surface area contributed by atoms with Crippen molar-refractivity contribution in [3.05, 3.63) is 90.8 Å². The molecule has 0 spiro atoms. The predicted octanol–water partition coefficient (Wildman–Crippen LogP) is 1.52. The third kappa shape index (κ3) is 3.95. The van der Waals surface area contributed by atoms with Gasteiger partial charge in [0.15, 0.2) is 5.57 Å². The van der Waals surface area contributed by atoms with Gasteiger partial charge in [0.05, 0.1) is 11.1 Å². The number of carbonyl (C=O) groups excluding carboxylic acids is 1. The third-order valence-corrected chi connectivity index (χ3v) is 5.48. The molecule has 1 N–H and O–H groups in total. The fourth-order valence-electron chi connectivity index (χ4n) is 2.83. The molecule has 3 rings (SSSR count). The van der Waals surface area contributed by atoms with E-state index in [0.29, 0.717) is 9.20 Å². The molecular formula is C22H19N3O2S. The van der Waals surface area contributed by atoms with Gasteiger partial charge in [-0.3, -0.25) is 14.2 Å². The summed E-state index contributed by atoms with van der Waals surface area (Å²) in [5.74, 6) is -0.506. The number of carbonyl (C=O) groups is 1. The lowest BCUT2D eigenvalue weighted by atomic mass is 10.1. The smallest absolute Gasteiger partial charge is 0.269 e. The van der Waals surface area contributed by atoms with Crippen molar-refractivity contribution in [2.75, 3.05) is 7.05 Å². The average molecular weight is 389 g/mol. The van der Waals surface area contributed by atoms with E-state index < -0.39 is 5.91 Å². The Morgan fingerprint density at radius 2 is 1.86 bits per heavy atom. The van der Waals surface area contributed by atoms with Crippen molar-refractivity contribution in [2.45, 2.75) is 13.5 Å². The zero-order chi connectivity index (χ0) is 20.1. The summed E-state index contributed by atoms with van der Waals surface area (Å²) in [6.45, 7) is 2.26. The summed E-state index contributed by atoms with van der Waals surface area (Å²) in [5.41, 5.74) is 2.61. The molecule has 0 radical (unpaired) electrons. The molecule has 5 nitrogen and oxygen atoms in total. The van der Waals surface area contributed by atoms with E-state index in [-0.39, 0.29) is 17.7 Å². The van der Waals surface area contributed by atoms with Gasteiger partial charge in [0, 0.05) is 7.05 Å². The number of nitriles is 1. The van der Waals surface area contributed by atoms with Gasteiger partial charge in [-0.2, -0.15) is 5.26 Å². The SMILES string of the molecule is CNC(=O)C(C#N)=c1sc(=Cc2ccccc2C)c(=O)n1Cc1ccccc1. The minimum absolute atomic E-state index is 0.0648. The van der Waals surface area contributed by atoms with E-state index in [0.717, 1.165) is 28.0 Å². The minimum atomic E-state index is -0.506. The van der Waals surface area contributed by atoms with Gasteiger partial charge in [0.25, 0.3) is 11.5 Å². The Labute approximate surface area is 166 Å². The van der Waals surface area contributed by atoms with Crippen LogP contribution in [-0.2, 0) is 11.3 Å². The van der Waals surface area contributed by atoms with E-state index in [9.17, 15) is 14.9 Å². The monoisotopic (exact) mass is 389 g/mol. The van der Waals surface area contributed by atoms with E-state index in [4.69, 9.17) is 0 Å². The molecule has 0 fully saturated rings. The van der Waals surface area contributed by atoms with Crippen molar-refractivity contribution in [1.29, 1.82) is 5.26 Å². The fraction of sp³-hybridized carbons (Fsp3) is 0.136. The number of benzene rings is 2. The van der Waals surface area contributed by atoms with Crippen molar-refractivity contribution in [3.63, 3.8) is 0 Å². The zero-order valence-corrected chi connectivity index (χ0v) is 16.4. The standard InChI is InChI=1S/C22H19N3O2S/c1-15-8-6-7-11-17(15)12-19-21(27)25(14-16-9-4-3-5-10-16)22(28-19)18(13-23)20(26)24-2/h3-12H,14H2,1-2H3,(H,24,26). The molecule has 28 heavy (non-hydrogen) atoms. The number of hydrogen-bond donors (Lipinski definition) is 1. The van der Waals surface area contributed by atoms with Crippen LogP contribution in [0.25, 0.3) is 11.6 Å². The Hall–Kier alpha value is -3.43. The maximum absolute atomic E-state index is 13.1. The summed E-state index contributed by atoms with van der Waals surface area (Å²) in [5, 5.41) is 12.0. The Bertz CT molecular complexity index is 1230. The van der Waals surface area contributed by atoms with Crippen LogP contribution < -0.4 is 20.1 Å². The highest BCUT2D eigenvalue weighted by molar-refractivity contribution is 7.07. The van der Waals surface area contributed by atoms with E-state index in [1.807, 2.05) is 73.7 Å². The number of aromatic nitrogens is 1. The summed E-state index contributed by atoms with van der Waals surface area (Å²) in [6, 6.07) is 19.2. The summed E-state index contributed by atoms with van der Waals surface area (Å²) < 4.78 is 2.34. The second kappa shape index (κ2) is 8.51. The lowest BCUT2D eigenvalue weighted by molar-refractivity contribution is -0.115. The highest BCUT2D eigenvalue weighted by atomic mass is 32.1. The Morgan fingerprint density at radius 3 is 2.50 bits per heavy atom. The Balaban J connectivity index is 2.31. The highest BCUT2D eigenvalue weighted by Gasteiger charge is 2.15. The molecule has 0 atom stereocenters. The van der Waals surface area contributed by atoms with Crippen LogP contribution in [0, 0.1) is 18.3 Å². The molecule has 0 saturated heterocycles. The number of aryl methyl sites for hydroxylation is 1. The van der Waals surface area contributed by atoms with Gasteiger partial charge in [0.1, 0.15) is 10.7 Å². The zero-order valence-electron chi connectivity index (χ0n) is 15.6. The predicted molar refractivity (Wildman–Crippen MR) is 111 cm³/mol. The fourth-order valence-corrected chi connectivity index (χ4v) is 3.92. The van der Waals surface area contributed by atoms with Crippen molar-refractivity contribution >= 4 is 28.9 Å². The van der Waals surface area contributed by atoms with E-state index in [2.05, 4.69) is 5.32 Å². The molecule has 1 aromatic heterocycles. The largest absolute Gasteiger partial charge is 0.354 e. The van der Waals surface area contributed by atoms with Gasteiger partial charge in [-0.25, -0.2) is 0 Å². The summed E-state index contributed by atoms with van der Waals surface area (Å²) >= 11 is 1.16. The summed E-state index contributed by atoms with van der Waals surface area (Å²) in [4.78, 5) is 25.3. The quantitative estimate of drug-likeness (QED) is 0.735. The first-order chi connectivity index (χ1) is 13.5. The third-order valence-electron chi connectivity index (χ3n) is 4.35. The number of nitrogens with zero attached hydrogens (tertiary/aromatic N) is 2. The van der Waals surface area contributed by atoms with Crippen LogP contribution in [-0.4, -0.2) is 17.5 Å². The molecule has 0 aliphatic rings. The molecule has 0 saturated carbocycles. The van der Waals surface area contributed by atoms with Crippen LogP contribution >= 0.6 is 11.3 Å². The number of amides is 1. The maximum atomic E-state index is 13.1. The first-order valence-corrected chi connectivity index (χ1v) is 9.54. The number of rotatable bonds is 4. The lowest BCUT2D eigenvalue weighted by Crippen LogP contribution is -2.34. The Kier molecular flexibility index (Phi) is 5.87. The second-order valence-electron chi connectivity index (χ2n) is 6.22. The molecule has 140 valence electrons. The normalized spacial score (nSPS) is 12.4. The van der Waals surface area contributed by atoms with Crippen LogP contribution in [0.5, 0.6) is 0 Å². The molecule has 1 amide bonds. The van der Waals surface area contributed by atoms with Crippen molar-refractivity contribution in [2.24, 2.45) is 0 Å². The number of hydrogen-bond acceptors (Lipinski definition) is 4. The first-order valence-electron chi connectivity index (χ1n) is 8.72. The van der Waals surface area contributed by atoms with E-state index in [1.165, 1.54) is 11.6 Å². The van der Waals surface area contributed by atoms with Crippen molar-refractivity contribution in [1.82, 2.24) is 9.88 Å². The van der Waals surface area contributed by atoms with Crippen LogP contribution in [0.4, 0.5) is 0 Å². The van der Waals surface area contributed by atoms with Crippen LogP contribution in [0.15, 0.2) is 59.4 Å². The van der Waals surface area contributed by atoms with Gasteiger partial charge < -0.3 is 5.32 Å².